The molecular weight excluding hydrogens is 755 g/mol. The van der Waals surface area contributed by atoms with E-state index >= 15 is 0 Å². The molecule has 5 heteroatoms. The van der Waals surface area contributed by atoms with Crippen LogP contribution < -0.4 is 0 Å². The number of para-hydroxylation sites is 3. The first-order valence-electron chi connectivity index (χ1n) is 20.8. The number of aliphatic imine (C=N–C) groups is 2. The van der Waals surface area contributed by atoms with Crippen LogP contribution in [0, 0.1) is 5.41 Å². The van der Waals surface area contributed by atoms with E-state index in [1.165, 1.54) is 38.6 Å². The Balaban J connectivity index is 1.09. The van der Waals surface area contributed by atoms with Crippen molar-refractivity contribution in [2.45, 2.75) is 0 Å². The van der Waals surface area contributed by atoms with Crippen molar-refractivity contribution >= 4 is 61.6 Å². The van der Waals surface area contributed by atoms with Crippen molar-refractivity contribution in [3.63, 3.8) is 0 Å². The second kappa shape index (κ2) is 15.6. The number of hydrogen-bond acceptors (Lipinski definition) is 1. The third-order valence-corrected chi connectivity index (χ3v) is 11.8. The minimum atomic E-state index is 0.155. The lowest BCUT2D eigenvalue weighted by Crippen LogP contribution is -2.06. The van der Waals surface area contributed by atoms with Gasteiger partial charge in [0.1, 0.15) is 6.34 Å². The van der Waals surface area contributed by atoms with E-state index in [0.717, 1.165) is 55.2 Å². The fourth-order valence-corrected chi connectivity index (χ4v) is 8.90. The predicted octanol–water partition coefficient (Wildman–Crippen LogP) is 14.2. The van der Waals surface area contributed by atoms with Gasteiger partial charge in [0.15, 0.2) is 11.7 Å². The van der Waals surface area contributed by atoms with Gasteiger partial charge in [0.2, 0.25) is 0 Å². The Morgan fingerprint density at radius 1 is 0.387 bits per heavy atom. The number of aromatic nitrogens is 2. The number of rotatable bonds is 7. The monoisotopic (exact) mass is 793 g/mol. The van der Waals surface area contributed by atoms with Gasteiger partial charge in [-0.15, -0.1) is 0 Å². The third-order valence-electron chi connectivity index (χ3n) is 11.8. The van der Waals surface area contributed by atoms with Gasteiger partial charge in [-0.3, -0.25) is 9.98 Å². The van der Waals surface area contributed by atoms with E-state index in [4.69, 9.17) is 15.4 Å². The summed E-state index contributed by atoms with van der Waals surface area (Å²) in [7, 11) is 0. The standard InChI is InChI=1S/C57H39N5/c58-56(42-20-6-2-7-21-42)60-57(43-22-8-3-9-23-43)59-38-61-49-29-15-13-27-47(49)54-52(61)36-37-53-55(54)48-28-14-17-31-51(48)62(53)50-30-16-12-26-46(50)45-25-11-10-24-44(45)41-34-32-40(33-35-41)39-18-4-1-5-19-39/h1-38,58H/b58-56?,59-38+,60-57-. The van der Waals surface area contributed by atoms with Crippen molar-refractivity contribution in [3.05, 3.63) is 236 Å². The van der Waals surface area contributed by atoms with Gasteiger partial charge in [-0.25, -0.2) is 9.98 Å². The normalized spacial score (nSPS) is 12.0. The van der Waals surface area contributed by atoms with E-state index in [-0.39, 0.29) is 5.84 Å². The Labute approximate surface area is 359 Å². The van der Waals surface area contributed by atoms with Gasteiger partial charge in [-0.1, -0.05) is 194 Å². The smallest absolute Gasteiger partial charge is 0.163 e. The minimum absolute atomic E-state index is 0.155. The molecule has 0 unspecified atom stereocenters. The molecule has 5 nitrogen and oxygen atoms in total. The van der Waals surface area contributed by atoms with Crippen LogP contribution in [0.2, 0.25) is 0 Å². The Morgan fingerprint density at radius 2 is 0.887 bits per heavy atom. The molecule has 0 aliphatic rings. The summed E-state index contributed by atoms with van der Waals surface area (Å²) in [5.74, 6) is 0.620. The quantitative estimate of drug-likeness (QED) is 0.123. The van der Waals surface area contributed by atoms with Crippen LogP contribution in [0.3, 0.4) is 0 Å². The lowest BCUT2D eigenvalue weighted by Gasteiger charge is -2.17. The Bertz CT molecular complexity index is 3500. The second-order valence-corrected chi connectivity index (χ2v) is 15.4. The number of benzene rings is 9. The van der Waals surface area contributed by atoms with Gasteiger partial charge < -0.3 is 4.57 Å². The SMILES string of the molecule is N=C(/N=C(\N=C\n1c2ccccc2c2c3c4ccccc4n(-c4ccccc4-c4ccccc4-c4ccc(-c5ccccc5)cc4)c3ccc21)c1ccccc1)c1ccccc1. The molecule has 62 heavy (non-hydrogen) atoms. The lowest BCUT2D eigenvalue weighted by atomic mass is 9.92. The zero-order chi connectivity index (χ0) is 41.4. The predicted molar refractivity (Wildman–Crippen MR) is 260 cm³/mol. The average Bonchev–Trinajstić information content (AvgIpc) is 3.86. The molecular formula is C57H39N5. The molecule has 11 rings (SSSR count). The van der Waals surface area contributed by atoms with E-state index < -0.39 is 0 Å². The van der Waals surface area contributed by atoms with E-state index in [0.29, 0.717) is 5.84 Å². The Hall–Kier alpha value is -8.41. The van der Waals surface area contributed by atoms with Crippen molar-refractivity contribution in [2.24, 2.45) is 9.98 Å². The molecule has 11 aromatic rings. The highest BCUT2D eigenvalue weighted by molar-refractivity contribution is 6.30. The Morgan fingerprint density at radius 3 is 1.61 bits per heavy atom. The topological polar surface area (TPSA) is 58.4 Å². The molecule has 2 heterocycles. The van der Waals surface area contributed by atoms with Crippen molar-refractivity contribution < 1.29 is 0 Å². The molecule has 9 aromatic carbocycles. The maximum atomic E-state index is 8.86. The first-order chi connectivity index (χ1) is 30.7. The zero-order valence-corrected chi connectivity index (χ0v) is 33.7. The lowest BCUT2D eigenvalue weighted by molar-refractivity contribution is 1.18. The summed E-state index contributed by atoms with van der Waals surface area (Å²) in [5, 5.41) is 13.5. The average molecular weight is 794 g/mol. The summed E-state index contributed by atoms with van der Waals surface area (Å²) < 4.78 is 4.60. The molecule has 0 aliphatic heterocycles. The maximum Gasteiger partial charge on any atom is 0.163 e. The zero-order valence-electron chi connectivity index (χ0n) is 33.7. The first kappa shape index (κ1) is 36.7. The number of nitrogens with one attached hydrogen (secondary N) is 1. The van der Waals surface area contributed by atoms with Gasteiger partial charge >= 0.3 is 0 Å². The summed E-state index contributed by atoms with van der Waals surface area (Å²) in [6.07, 6.45) is 1.86. The maximum absolute atomic E-state index is 8.86. The fraction of sp³-hybridized carbons (Fsp3) is 0. The number of amidine groups is 2. The van der Waals surface area contributed by atoms with Gasteiger partial charge in [0.05, 0.1) is 27.8 Å². The summed E-state index contributed by atoms with van der Waals surface area (Å²) in [6.45, 7) is 0. The van der Waals surface area contributed by atoms with Gasteiger partial charge in [-0.2, -0.15) is 0 Å². The minimum Gasteiger partial charge on any atom is -0.309 e. The highest BCUT2D eigenvalue weighted by Gasteiger charge is 2.22. The van der Waals surface area contributed by atoms with Gasteiger partial charge in [-0.05, 0) is 58.1 Å². The molecule has 0 saturated heterocycles. The summed E-state index contributed by atoms with van der Waals surface area (Å²) in [6, 6.07) is 78.2. The van der Waals surface area contributed by atoms with Crippen molar-refractivity contribution in [3.8, 4) is 39.1 Å². The molecule has 2 aromatic heterocycles. The fourth-order valence-electron chi connectivity index (χ4n) is 8.90. The molecule has 1 N–H and O–H groups in total. The molecule has 0 saturated carbocycles. The molecule has 0 atom stereocenters. The first-order valence-corrected chi connectivity index (χ1v) is 20.8. The van der Waals surface area contributed by atoms with Crippen LogP contribution in [0.5, 0.6) is 0 Å². The second-order valence-electron chi connectivity index (χ2n) is 15.4. The van der Waals surface area contributed by atoms with Crippen molar-refractivity contribution in [1.82, 2.24) is 9.13 Å². The molecule has 0 bridgehead atoms. The number of hydrogen-bond donors (Lipinski definition) is 1. The molecule has 292 valence electrons. The van der Waals surface area contributed by atoms with E-state index in [2.05, 4.69) is 173 Å². The van der Waals surface area contributed by atoms with Crippen LogP contribution >= 0.6 is 0 Å². The van der Waals surface area contributed by atoms with Crippen molar-refractivity contribution in [2.75, 3.05) is 0 Å². The highest BCUT2D eigenvalue weighted by Crippen LogP contribution is 2.43. The van der Waals surface area contributed by atoms with Crippen LogP contribution in [0.25, 0.3) is 82.7 Å². The van der Waals surface area contributed by atoms with Crippen LogP contribution in [-0.2, 0) is 0 Å². The highest BCUT2D eigenvalue weighted by atomic mass is 15.1. The number of fused-ring (bicyclic) bond motifs is 7. The van der Waals surface area contributed by atoms with Gasteiger partial charge in [0.25, 0.3) is 0 Å². The molecule has 0 fully saturated rings. The summed E-state index contributed by atoms with van der Waals surface area (Å²) >= 11 is 0. The van der Waals surface area contributed by atoms with Crippen LogP contribution in [0.4, 0.5) is 0 Å². The van der Waals surface area contributed by atoms with Crippen LogP contribution in [0.15, 0.2) is 234 Å². The van der Waals surface area contributed by atoms with E-state index in [9.17, 15) is 0 Å². The van der Waals surface area contributed by atoms with E-state index in [1.54, 1.807) is 0 Å². The molecule has 0 aliphatic carbocycles. The largest absolute Gasteiger partial charge is 0.309 e. The van der Waals surface area contributed by atoms with Crippen LogP contribution in [-0.4, -0.2) is 27.1 Å². The third kappa shape index (κ3) is 6.40. The Kier molecular flexibility index (Phi) is 9.25. The summed E-state index contributed by atoms with van der Waals surface area (Å²) in [5.41, 5.74) is 14.1. The summed E-state index contributed by atoms with van der Waals surface area (Å²) in [4.78, 5) is 9.80. The van der Waals surface area contributed by atoms with E-state index in [1.807, 2.05) is 67.0 Å². The molecule has 0 amide bonds. The van der Waals surface area contributed by atoms with Crippen molar-refractivity contribution in [1.29, 1.82) is 5.41 Å². The van der Waals surface area contributed by atoms with Crippen LogP contribution in [0.1, 0.15) is 11.1 Å². The molecule has 0 radical (unpaired) electrons. The molecule has 0 spiro atoms. The van der Waals surface area contributed by atoms with Gasteiger partial charge in [0, 0.05) is 38.2 Å². The number of nitrogens with zero attached hydrogens (tertiary/aromatic N) is 4.